The number of aromatic nitrogens is 1. The first-order valence-corrected chi connectivity index (χ1v) is 6.08. The molecule has 0 aromatic carbocycles. The van der Waals surface area contributed by atoms with Gasteiger partial charge in [-0.2, -0.15) is 11.3 Å². The number of hydrogen-bond donors (Lipinski definition) is 2. The molecule has 0 aliphatic heterocycles. The number of carboxylic acid groups (broad SMARTS) is 1. The van der Waals surface area contributed by atoms with E-state index in [1.807, 2.05) is 23.8 Å². The van der Waals surface area contributed by atoms with Crippen molar-refractivity contribution < 1.29 is 9.90 Å². The van der Waals surface area contributed by atoms with E-state index in [4.69, 9.17) is 5.11 Å². The van der Waals surface area contributed by atoms with Gasteiger partial charge in [0.1, 0.15) is 5.56 Å². The first-order valence-electron chi connectivity index (χ1n) is 5.14. The second-order valence-corrected chi connectivity index (χ2v) is 4.43. The van der Waals surface area contributed by atoms with Gasteiger partial charge < -0.3 is 10.4 Å². The Morgan fingerprint density at radius 3 is 3.00 bits per heavy atom. The van der Waals surface area contributed by atoms with Crippen molar-refractivity contribution in [2.45, 2.75) is 13.0 Å². The largest absolute Gasteiger partial charge is 0.478 e. The fourth-order valence-electron chi connectivity index (χ4n) is 1.53. The number of pyridine rings is 1. The zero-order valence-electron chi connectivity index (χ0n) is 9.25. The van der Waals surface area contributed by atoms with Gasteiger partial charge in [-0.25, -0.2) is 4.79 Å². The Morgan fingerprint density at radius 2 is 2.35 bits per heavy atom. The first-order chi connectivity index (χ1) is 8.18. The lowest BCUT2D eigenvalue weighted by molar-refractivity contribution is 0.0697. The summed E-state index contributed by atoms with van der Waals surface area (Å²) < 4.78 is 0. The Balaban J connectivity index is 2.21. The van der Waals surface area contributed by atoms with Gasteiger partial charge in [0.25, 0.3) is 0 Å². The van der Waals surface area contributed by atoms with Crippen LogP contribution in [-0.4, -0.2) is 16.1 Å². The van der Waals surface area contributed by atoms with E-state index in [-0.39, 0.29) is 11.6 Å². The minimum atomic E-state index is -0.974. The highest BCUT2D eigenvalue weighted by molar-refractivity contribution is 7.07. The van der Waals surface area contributed by atoms with Gasteiger partial charge in [0.05, 0.1) is 5.69 Å². The van der Waals surface area contributed by atoms with Crippen LogP contribution in [-0.2, 0) is 0 Å². The van der Waals surface area contributed by atoms with Crippen LogP contribution in [0.25, 0.3) is 0 Å². The third kappa shape index (κ3) is 2.62. The Kier molecular flexibility index (Phi) is 3.39. The molecule has 2 aromatic rings. The maximum Gasteiger partial charge on any atom is 0.339 e. The summed E-state index contributed by atoms with van der Waals surface area (Å²) in [5, 5.41) is 16.3. The lowest BCUT2D eigenvalue weighted by atomic mass is 10.1. The summed E-state index contributed by atoms with van der Waals surface area (Å²) in [5.74, 6) is -0.974. The fourth-order valence-corrected chi connectivity index (χ4v) is 2.28. The monoisotopic (exact) mass is 248 g/mol. The topological polar surface area (TPSA) is 62.2 Å². The molecule has 0 amide bonds. The highest BCUT2D eigenvalue weighted by atomic mass is 32.1. The molecule has 1 atom stereocenters. The highest BCUT2D eigenvalue weighted by Crippen LogP contribution is 2.23. The van der Waals surface area contributed by atoms with E-state index >= 15 is 0 Å². The summed E-state index contributed by atoms with van der Waals surface area (Å²) in [4.78, 5) is 14.8. The van der Waals surface area contributed by atoms with E-state index in [0.717, 1.165) is 5.56 Å². The maximum atomic E-state index is 11.0. The van der Waals surface area contributed by atoms with Crippen LogP contribution in [0.5, 0.6) is 0 Å². The molecule has 5 heteroatoms. The maximum absolute atomic E-state index is 11.0. The molecule has 2 N–H and O–H groups in total. The van der Waals surface area contributed by atoms with Crippen molar-refractivity contribution in [2.24, 2.45) is 0 Å². The second-order valence-electron chi connectivity index (χ2n) is 3.65. The summed E-state index contributed by atoms with van der Waals surface area (Å²) >= 11 is 1.62. The van der Waals surface area contributed by atoms with E-state index in [1.54, 1.807) is 23.6 Å². The standard InChI is InChI=1S/C12H12N2O2S/c1-8(9-3-5-17-7-9)14-11-2-4-13-6-10(11)12(15)16/h2-8H,1H3,(H,13,14)(H,15,16). The molecule has 0 aliphatic rings. The average molecular weight is 248 g/mol. The van der Waals surface area contributed by atoms with Crippen molar-refractivity contribution in [3.8, 4) is 0 Å². The van der Waals surface area contributed by atoms with E-state index < -0.39 is 5.97 Å². The van der Waals surface area contributed by atoms with Gasteiger partial charge in [-0.1, -0.05) is 0 Å². The number of rotatable bonds is 4. The number of anilines is 1. The van der Waals surface area contributed by atoms with Crippen molar-refractivity contribution >= 4 is 23.0 Å². The zero-order chi connectivity index (χ0) is 12.3. The third-order valence-corrected chi connectivity index (χ3v) is 3.17. The van der Waals surface area contributed by atoms with Crippen molar-refractivity contribution in [2.75, 3.05) is 5.32 Å². The van der Waals surface area contributed by atoms with Gasteiger partial charge in [-0.3, -0.25) is 4.98 Å². The number of hydrogen-bond acceptors (Lipinski definition) is 4. The molecular weight excluding hydrogens is 236 g/mol. The first kappa shape index (κ1) is 11.6. The van der Waals surface area contributed by atoms with Gasteiger partial charge in [0.2, 0.25) is 0 Å². The molecule has 2 rings (SSSR count). The average Bonchev–Trinajstić information content (AvgIpc) is 2.83. The lowest BCUT2D eigenvalue weighted by Crippen LogP contribution is -2.10. The van der Waals surface area contributed by atoms with Crippen LogP contribution in [0, 0.1) is 0 Å². The Morgan fingerprint density at radius 1 is 1.53 bits per heavy atom. The van der Waals surface area contributed by atoms with Gasteiger partial charge >= 0.3 is 5.97 Å². The highest BCUT2D eigenvalue weighted by Gasteiger charge is 2.12. The van der Waals surface area contributed by atoms with Gasteiger partial charge in [0.15, 0.2) is 0 Å². The summed E-state index contributed by atoms with van der Waals surface area (Å²) in [6.07, 6.45) is 2.93. The second kappa shape index (κ2) is 4.97. The zero-order valence-corrected chi connectivity index (χ0v) is 10.1. The van der Waals surface area contributed by atoms with Crippen LogP contribution < -0.4 is 5.32 Å². The minimum Gasteiger partial charge on any atom is -0.478 e. The van der Waals surface area contributed by atoms with E-state index in [9.17, 15) is 4.79 Å². The van der Waals surface area contributed by atoms with Crippen LogP contribution in [0.15, 0.2) is 35.3 Å². The van der Waals surface area contributed by atoms with Crippen molar-refractivity contribution in [3.05, 3.63) is 46.4 Å². The Hall–Kier alpha value is -1.88. The van der Waals surface area contributed by atoms with Gasteiger partial charge in [-0.05, 0) is 35.4 Å². The molecule has 0 radical (unpaired) electrons. The van der Waals surface area contributed by atoms with Crippen LogP contribution >= 0.6 is 11.3 Å². The Labute approximate surface area is 103 Å². The van der Waals surface area contributed by atoms with Crippen LogP contribution in [0.1, 0.15) is 28.9 Å². The summed E-state index contributed by atoms with van der Waals surface area (Å²) in [6, 6.07) is 3.76. The summed E-state index contributed by atoms with van der Waals surface area (Å²) in [7, 11) is 0. The molecular formula is C12H12N2O2S. The molecule has 17 heavy (non-hydrogen) atoms. The van der Waals surface area contributed by atoms with Crippen LogP contribution in [0.4, 0.5) is 5.69 Å². The fraction of sp³-hybridized carbons (Fsp3) is 0.167. The third-order valence-electron chi connectivity index (χ3n) is 2.47. The predicted octanol–water partition coefficient (Wildman–Crippen LogP) is 3.01. The van der Waals surface area contributed by atoms with Crippen molar-refractivity contribution in [1.82, 2.24) is 4.98 Å². The minimum absolute atomic E-state index is 0.0711. The molecule has 4 nitrogen and oxygen atoms in total. The normalized spacial score (nSPS) is 12.1. The van der Waals surface area contributed by atoms with E-state index in [2.05, 4.69) is 10.3 Å². The van der Waals surface area contributed by atoms with Gasteiger partial charge in [-0.15, -0.1) is 0 Å². The molecule has 0 saturated heterocycles. The number of thiophene rings is 1. The van der Waals surface area contributed by atoms with Crippen molar-refractivity contribution in [3.63, 3.8) is 0 Å². The van der Waals surface area contributed by atoms with Crippen LogP contribution in [0.3, 0.4) is 0 Å². The molecule has 0 aliphatic carbocycles. The molecule has 1 unspecified atom stereocenters. The van der Waals surface area contributed by atoms with Gasteiger partial charge in [0, 0.05) is 18.4 Å². The van der Waals surface area contributed by atoms with Crippen molar-refractivity contribution in [1.29, 1.82) is 0 Å². The number of carboxylic acids is 1. The summed E-state index contributed by atoms with van der Waals surface area (Å²) in [5.41, 5.74) is 1.92. The molecule has 0 bridgehead atoms. The van der Waals surface area contributed by atoms with E-state index in [1.165, 1.54) is 6.20 Å². The molecule has 2 aromatic heterocycles. The molecule has 0 saturated carbocycles. The van der Waals surface area contributed by atoms with E-state index in [0.29, 0.717) is 5.69 Å². The SMILES string of the molecule is CC(Nc1ccncc1C(=O)O)c1ccsc1. The molecule has 0 spiro atoms. The number of nitrogens with zero attached hydrogens (tertiary/aromatic N) is 1. The predicted molar refractivity (Wildman–Crippen MR) is 67.6 cm³/mol. The molecule has 88 valence electrons. The summed E-state index contributed by atoms with van der Waals surface area (Å²) in [6.45, 7) is 1.99. The Bertz CT molecular complexity index is 511. The quantitative estimate of drug-likeness (QED) is 0.873. The molecule has 0 fully saturated rings. The molecule has 2 heterocycles. The number of aromatic carboxylic acids is 1. The number of carbonyl (C=O) groups is 1. The smallest absolute Gasteiger partial charge is 0.339 e. The lowest BCUT2D eigenvalue weighted by Gasteiger charge is -2.15. The number of nitrogens with one attached hydrogen (secondary N) is 1. The van der Waals surface area contributed by atoms with Crippen LogP contribution in [0.2, 0.25) is 0 Å².